The van der Waals surface area contributed by atoms with Crippen molar-refractivity contribution < 1.29 is 17.9 Å². The molecule has 2 aromatic rings. The zero-order valence-electron chi connectivity index (χ0n) is 13.0. The van der Waals surface area contributed by atoms with Crippen LogP contribution in [-0.2, 0) is 10.0 Å². The van der Waals surface area contributed by atoms with Crippen LogP contribution in [0.5, 0.6) is 11.6 Å². The molecule has 0 radical (unpaired) electrons. The summed E-state index contributed by atoms with van der Waals surface area (Å²) in [6.07, 6.45) is 0. The summed E-state index contributed by atoms with van der Waals surface area (Å²) in [6, 6.07) is 11.0. The fourth-order valence-electron chi connectivity index (χ4n) is 1.77. The smallest absolute Gasteiger partial charge is 0.233 e. The zero-order chi connectivity index (χ0) is 16.7. The van der Waals surface area contributed by atoms with Crippen LogP contribution < -0.4 is 14.2 Å². The maximum atomic E-state index is 11.3. The summed E-state index contributed by atoms with van der Waals surface area (Å²) in [5.41, 5.74) is 1.63. The molecule has 1 aromatic heterocycles. The van der Waals surface area contributed by atoms with E-state index in [1.807, 2.05) is 24.3 Å². The molecule has 0 aliphatic rings. The highest BCUT2D eigenvalue weighted by Crippen LogP contribution is 2.20. The Morgan fingerprint density at radius 3 is 2.39 bits per heavy atom. The van der Waals surface area contributed by atoms with Gasteiger partial charge >= 0.3 is 0 Å². The third kappa shape index (κ3) is 5.19. The second-order valence-corrected chi connectivity index (χ2v) is 6.73. The minimum absolute atomic E-state index is 0.0450. The summed E-state index contributed by atoms with van der Waals surface area (Å²) in [5, 5.41) is 8.06. The van der Waals surface area contributed by atoms with Gasteiger partial charge in [-0.1, -0.05) is 0 Å². The first-order chi connectivity index (χ1) is 11.0. The van der Waals surface area contributed by atoms with E-state index in [2.05, 4.69) is 14.9 Å². The molecule has 0 unspecified atom stereocenters. The predicted octanol–water partition coefficient (Wildman–Crippen LogP) is 1.47. The number of benzene rings is 1. The minimum atomic E-state index is -3.20. The van der Waals surface area contributed by atoms with Gasteiger partial charge in [0.25, 0.3) is 0 Å². The van der Waals surface area contributed by atoms with Gasteiger partial charge in [-0.2, -0.15) is 0 Å². The summed E-state index contributed by atoms with van der Waals surface area (Å²) in [5.74, 6) is 1.16. The van der Waals surface area contributed by atoms with Crippen LogP contribution in [-0.4, -0.2) is 44.6 Å². The second-order valence-electron chi connectivity index (χ2n) is 4.63. The van der Waals surface area contributed by atoms with E-state index in [1.165, 1.54) is 0 Å². The van der Waals surface area contributed by atoms with Crippen LogP contribution in [0.15, 0.2) is 36.4 Å². The van der Waals surface area contributed by atoms with E-state index >= 15 is 0 Å². The molecule has 0 bridgehead atoms. The Kier molecular flexibility index (Phi) is 5.89. The van der Waals surface area contributed by atoms with Crippen molar-refractivity contribution >= 4 is 10.0 Å². The van der Waals surface area contributed by atoms with Crippen LogP contribution in [0.25, 0.3) is 11.3 Å². The lowest BCUT2D eigenvalue weighted by molar-refractivity contribution is 0.307. The summed E-state index contributed by atoms with van der Waals surface area (Å²) >= 11 is 0. The Labute approximate surface area is 135 Å². The summed E-state index contributed by atoms with van der Waals surface area (Å²) < 4.78 is 35.4. The molecule has 0 aliphatic heterocycles. The van der Waals surface area contributed by atoms with E-state index in [1.54, 1.807) is 26.2 Å². The molecule has 23 heavy (non-hydrogen) atoms. The third-order valence-corrected chi connectivity index (χ3v) is 4.48. The van der Waals surface area contributed by atoms with Crippen molar-refractivity contribution in [1.82, 2.24) is 14.9 Å². The summed E-state index contributed by atoms with van der Waals surface area (Å²) in [4.78, 5) is 0. The molecule has 7 nitrogen and oxygen atoms in total. The van der Waals surface area contributed by atoms with Crippen molar-refractivity contribution in [3.05, 3.63) is 36.4 Å². The molecule has 2 rings (SSSR count). The number of aromatic nitrogens is 2. The van der Waals surface area contributed by atoms with Gasteiger partial charge in [0, 0.05) is 18.2 Å². The summed E-state index contributed by atoms with van der Waals surface area (Å²) in [6.45, 7) is 1.96. The molecule has 0 saturated heterocycles. The Hall–Kier alpha value is -2.19. The van der Waals surface area contributed by atoms with Gasteiger partial charge in [-0.15, -0.1) is 10.2 Å². The topological polar surface area (TPSA) is 90.4 Å². The lowest BCUT2D eigenvalue weighted by atomic mass is 10.1. The highest BCUT2D eigenvalue weighted by atomic mass is 32.2. The van der Waals surface area contributed by atoms with E-state index in [-0.39, 0.29) is 18.9 Å². The highest BCUT2D eigenvalue weighted by molar-refractivity contribution is 7.89. The van der Waals surface area contributed by atoms with Gasteiger partial charge in [0.2, 0.25) is 15.9 Å². The first-order valence-electron chi connectivity index (χ1n) is 7.12. The molecule has 0 atom stereocenters. The van der Waals surface area contributed by atoms with Crippen LogP contribution in [0.3, 0.4) is 0 Å². The van der Waals surface area contributed by atoms with E-state index in [0.717, 1.165) is 11.3 Å². The maximum absolute atomic E-state index is 11.3. The Bertz CT molecular complexity index is 715. The lowest BCUT2D eigenvalue weighted by Gasteiger charge is -2.07. The largest absolute Gasteiger partial charge is 0.497 e. The molecule has 8 heteroatoms. The Balaban J connectivity index is 1.89. The maximum Gasteiger partial charge on any atom is 0.233 e. The number of hydrogen-bond acceptors (Lipinski definition) is 6. The second kappa shape index (κ2) is 7.89. The van der Waals surface area contributed by atoms with Gasteiger partial charge in [0.1, 0.15) is 12.4 Å². The number of nitrogens with one attached hydrogen (secondary N) is 1. The van der Waals surface area contributed by atoms with E-state index in [0.29, 0.717) is 11.6 Å². The molecule has 0 amide bonds. The van der Waals surface area contributed by atoms with Crippen LogP contribution in [0.2, 0.25) is 0 Å². The standard InChI is InChI=1S/C15H19N3O4S/c1-3-23(19,20)16-10-11-22-15-9-8-14(17-18-15)12-4-6-13(21-2)7-5-12/h4-9,16H,3,10-11H2,1-2H3. The minimum Gasteiger partial charge on any atom is -0.497 e. The molecule has 0 spiro atoms. The summed E-state index contributed by atoms with van der Waals surface area (Å²) in [7, 11) is -1.59. The number of ether oxygens (including phenoxy) is 2. The molecular formula is C15H19N3O4S. The van der Waals surface area contributed by atoms with Gasteiger partial charge in [-0.05, 0) is 37.3 Å². The van der Waals surface area contributed by atoms with Crippen LogP contribution in [0, 0.1) is 0 Å². The van der Waals surface area contributed by atoms with Crippen LogP contribution >= 0.6 is 0 Å². The van der Waals surface area contributed by atoms with Gasteiger partial charge in [-0.25, -0.2) is 13.1 Å². The molecule has 1 heterocycles. The van der Waals surface area contributed by atoms with Crippen molar-refractivity contribution in [2.24, 2.45) is 0 Å². The average Bonchev–Trinajstić information content (AvgIpc) is 2.59. The van der Waals surface area contributed by atoms with Crippen molar-refractivity contribution in [3.8, 4) is 22.9 Å². The molecule has 0 saturated carbocycles. The van der Waals surface area contributed by atoms with Gasteiger partial charge in [-0.3, -0.25) is 0 Å². The number of sulfonamides is 1. The monoisotopic (exact) mass is 337 g/mol. The lowest BCUT2D eigenvalue weighted by Crippen LogP contribution is -2.29. The van der Waals surface area contributed by atoms with E-state index in [9.17, 15) is 8.42 Å². The molecule has 0 aliphatic carbocycles. The van der Waals surface area contributed by atoms with Crippen molar-refractivity contribution in [2.75, 3.05) is 26.0 Å². The van der Waals surface area contributed by atoms with Crippen LogP contribution in [0.1, 0.15) is 6.92 Å². The highest BCUT2D eigenvalue weighted by Gasteiger charge is 2.06. The number of nitrogens with zero attached hydrogens (tertiary/aromatic N) is 2. The predicted molar refractivity (Wildman–Crippen MR) is 87.0 cm³/mol. The normalized spacial score (nSPS) is 11.2. The van der Waals surface area contributed by atoms with Crippen molar-refractivity contribution in [2.45, 2.75) is 6.92 Å². The average molecular weight is 337 g/mol. The molecule has 0 fully saturated rings. The van der Waals surface area contributed by atoms with Gasteiger partial charge in [0.15, 0.2) is 0 Å². The molecule has 124 valence electrons. The first kappa shape index (κ1) is 17.2. The van der Waals surface area contributed by atoms with Gasteiger partial charge < -0.3 is 9.47 Å². The fraction of sp³-hybridized carbons (Fsp3) is 0.333. The van der Waals surface area contributed by atoms with E-state index in [4.69, 9.17) is 9.47 Å². The Morgan fingerprint density at radius 1 is 1.09 bits per heavy atom. The number of methoxy groups -OCH3 is 1. The number of rotatable bonds is 8. The number of hydrogen-bond donors (Lipinski definition) is 1. The SMILES string of the molecule is CCS(=O)(=O)NCCOc1ccc(-c2ccc(OC)cc2)nn1. The van der Waals surface area contributed by atoms with Gasteiger partial charge in [0.05, 0.1) is 18.6 Å². The van der Waals surface area contributed by atoms with Crippen molar-refractivity contribution in [3.63, 3.8) is 0 Å². The Morgan fingerprint density at radius 2 is 1.83 bits per heavy atom. The first-order valence-corrected chi connectivity index (χ1v) is 8.77. The fourth-order valence-corrected chi connectivity index (χ4v) is 2.37. The van der Waals surface area contributed by atoms with E-state index < -0.39 is 10.0 Å². The molecule has 1 N–H and O–H groups in total. The zero-order valence-corrected chi connectivity index (χ0v) is 13.8. The third-order valence-electron chi connectivity index (χ3n) is 3.08. The molecular weight excluding hydrogens is 318 g/mol. The van der Waals surface area contributed by atoms with Crippen LogP contribution in [0.4, 0.5) is 0 Å². The molecule has 1 aromatic carbocycles. The van der Waals surface area contributed by atoms with Crippen molar-refractivity contribution in [1.29, 1.82) is 0 Å². The quantitative estimate of drug-likeness (QED) is 0.734.